The fraction of sp³-hybridized carbons (Fsp3) is 0.750. The van der Waals surface area contributed by atoms with E-state index in [4.69, 9.17) is 9.84 Å². The number of hydrogen-bond acceptors (Lipinski definition) is 3. The van der Waals surface area contributed by atoms with E-state index in [2.05, 4.69) is 0 Å². The van der Waals surface area contributed by atoms with Crippen molar-refractivity contribution in [2.24, 2.45) is 0 Å². The van der Waals surface area contributed by atoms with Crippen molar-refractivity contribution in [2.75, 3.05) is 19.8 Å². The molecule has 0 aromatic heterocycles. The summed E-state index contributed by atoms with van der Waals surface area (Å²) in [6.07, 6.45) is 0.432. The van der Waals surface area contributed by atoms with Crippen LogP contribution < -0.4 is 0 Å². The molecule has 1 amide bonds. The van der Waals surface area contributed by atoms with E-state index in [1.54, 1.807) is 6.92 Å². The largest absolute Gasteiger partial charge is 0.480 e. The van der Waals surface area contributed by atoms with Gasteiger partial charge in [-0.1, -0.05) is 6.92 Å². The quantitative estimate of drug-likeness (QED) is 0.659. The highest BCUT2D eigenvalue weighted by Gasteiger charge is 2.29. The van der Waals surface area contributed by atoms with Gasteiger partial charge in [0.1, 0.15) is 12.6 Å². The highest BCUT2D eigenvalue weighted by molar-refractivity contribution is 5.84. The summed E-state index contributed by atoms with van der Waals surface area (Å²) in [5.74, 6) is -1.18. The zero-order chi connectivity index (χ0) is 9.84. The van der Waals surface area contributed by atoms with E-state index in [1.807, 2.05) is 0 Å². The molecule has 13 heavy (non-hydrogen) atoms. The molecule has 1 saturated heterocycles. The molecule has 0 aromatic rings. The Labute approximate surface area is 76.3 Å². The predicted octanol–water partition coefficient (Wildman–Crippen LogP) is -0.292. The van der Waals surface area contributed by atoms with Crippen molar-refractivity contribution in [1.29, 1.82) is 0 Å². The van der Waals surface area contributed by atoms with Crippen LogP contribution in [0, 0.1) is 0 Å². The van der Waals surface area contributed by atoms with E-state index in [0.29, 0.717) is 19.6 Å². The first-order valence-corrected chi connectivity index (χ1v) is 4.26. The van der Waals surface area contributed by atoms with E-state index in [9.17, 15) is 9.59 Å². The molecule has 1 aliphatic heterocycles. The molecular weight excluding hydrogens is 174 g/mol. The van der Waals surface area contributed by atoms with Gasteiger partial charge >= 0.3 is 5.97 Å². The number of aliphatic carboxylic acids is 1. The minimum atomic E-state index is -0.947. The molecule has 0 aliphatic carbocycles. The van der Waals surface area contributed by atoms with Gasteiger partial charge in [0.2, 0.25) is 5.91 Å². The molecule has 1 aliphatic rings. The van der Waals surface area contributed by atoms with Crippen LogP contribution in [0.25, 0.3) is 0 Å². The molecule has 1 N–H and O–H groups in total. The Morgan fingerprint density at radius 3 is 2.92 bits per heavy atom. The van der Waals surface area contributed by atoms with Gasteiger partial charge in [-0.25, -0.2) is 4.79 Å². The molecule has 0 bridgehead atoms. The lowest BCUT2D eigenvalue weighted by Gasteiger charge is -2.31. The van der Waals surface area contributed by atoms with Gasteiger partial charge in [-0.05, 0) is 6.42 Å². The molecular formula is C8H13NO4. The van der Waals surface area contributed by atoms with Crippen LogP contribution in [0.3, 0.4) is 0 Å². The van der Waals surface area contributed by atoms with E-state index >= 15 is 0 Å². The minimum absolute atomic E-state index is 0.00375. The number of carboxylic acid groups (broad SMARTS) is 1. The van der Waals surface area contributed by atoms with Gasteiger partial charge in [0, 0.05) is 6.54 Å². The molecule has 5 heteroatoms. The monoisotopic (exact) mass is 187 g/mol. The zero-order valence-electron chi connectivity index (χ0n) is 7.52. The van der Waals surface area contributed by atoms with Gasteiger partial charge in [-0.3, -0.25) is 4.79 Å². The Bertz CT molecular complexity index is 216. The SMILES string of the molecule is CCC(C(=O)O)N1CCOCC1=O. The summed E-state index contributed by atoms with van der Waals surface area (Å²) < 4.78 is 4.90. The Morgan fingerprint density at radius 1 is 1.77 bits per heavy atom. The molecule has 0 saturated carbocycles. The van der Waals surface area contributed by atoms with Crippen molar-refractivity contribution in [1.82, 2.24) is 4.90 Å². The molecule has 1 unspecified atom stereocenters. The summed E-state index contributed by atoms with van der Waals surface area (Å²) in [6, 6.07) is -0.698. The number of carboxylic acids is 1. The Hall–Kier alpha value is -1.10. The highest BCUT2D eigenvalue weighted by atomic mass is 16.5. The van der Waals surface area contributed by atoms with Crippen LogP contribution in [0.1, 0.15) is 13.3 Å². The average molecular weight is 187 g/mol. The Balaban J connectivity index is 2.65. The van der Waals surface area contributed by atoms with Crippen LogP contribution in [0.4, 0.5) is 0 Å². The first-order valence-electron chi connectivity index (χ1n) is 4.26. The first kappa shape index (κ1) is 9.98. The Morgan fingerprint density at radius 2 is 2.46 bits per heavy atom. The maximum atomic E-state index is 11.2. The van der Waals surface area contributed by atoms with Gasteiger partial charge in [0.15, 0.2) is 0 Å². The van der Waals surface area contributed by atoms with Crippen LogP contribution in [0.2, 0.25) is 0 Å². The normalized spacial score (nSPS) is 20.1. The molecule has 0 radical (unpaired) electrons. The number of ether oxygens (including phenoxy) is 1. The fourth-order valence-corrected chi connectivity index (χ4v) is 1.39. The Kier molecular flexibility index (Phi) is 3.25. The van der Waals surface area contributed by atoms with Crippen LogP contribution in [0.15, 0.2) is 0 Å². The molecule has 5 nitrogen and oxygen atoms in total. The van der Waals surface area contributed by atoms with Crippen molar-refractivity contribution >= 4 is 11.9 Å². The molecule has 1 fully saturated rings. The third-order valence-electron chi connectivity index (χ3n) is 2.07. The van der Waals surface area contributed by atoms with Crippen molar-refractivity contribution in [2.45, 2.75) is 19.4 Å². The van der Waals surface area contributed by atoms with Crippen LogP contribution in [-0.2, 0) is 14.3 Å². The number of morpholine rings is 1. The predicted molar refractivity (Wildman–Crippen MR) is 44.2 cm³/mol. The number of carbonyl (C=O) groups is 2. The summed E-state index contributed by atoms with van der Waals surface area (Å²) in [7, 11) is 0. The van der Waals surface area contributed by atoms with Crippen molar-refractivity contribution in [3.8, 4) is 0 Å². The number of carbonyl (C=O) groups excluding carboxylic acids is 1. The second-order valence-electron chi connectivity index (χ2n) is 2.90. The molecule has 1 atom stereocenters. The van der Waals surface area contributed by atoms with E-state index in [0.717, 1.165) is 0 Å². The second kappa shape index (κ2) is 4.23. The molecule has 0 spiro atoms. The van der Waals surface area contributed by atoms with Crippen molar-refractivity contribution < 1.29 is 19.4 Å². The summed E-state index contributed by atoms with van der Waals surface area (Å²) in [5.41, 5.74) is 0. The third kappa shape index (κ3) is 2.18. The summed E-state index contributed by atoms with van der Waals surface area (Å²) in [4.78, 5) is 23.3. The lowest BCUT2D eigenvalue weighted by Crippen LogP contribution is -2.50. The van der Waals surface area contributed by atoms with E-state index < -0.39 is 12.0 Å². The van der Waals surface area contributed by atoms with Gasteiger partial charge in [-0.15, -0.1) is 0 Å². The van der Waals surface area contributed by atoms with Gasteiger partial charge in [-0.2, -0.15) is 0 Å². The smallest absolute Gasteiger partial charge is 0.326 e. The minimum Gasteiger partial charge on any atom is -0.480 e. The summed E-state index contributed by atoms with van der Waals surface area (Å²) >= 11 is 0. The van der Waals surface area contributed by atoms with E-state index in [-0.39, 0.29) is 12.5 Å². The van der Waals surface area contributed by atoms with Crippen molar-refractivity contribution in [3.05, 3.63) is 0 Å². The fourth-order valence-electron chi connectivity index (χ4n) is 1.39. The van der Waals surface area contributed by atoms with E-state index in [1.165, 1.54) is 4.90 Å². The summed E-state index contributed by atoms with van der Waals surface area (Å²) in [5, 5.41) is 8.81. The average Bonchev–Trinajstić information content (AvgIpc) is 2.09. The van der Waals surface area contributed by atoms with Crippen LogP contribution >= 0.6 is 0 Å². The third-order valence-corrected chi connectivity index (χ3v) is 2.07. The maximum Gasteiger partial charge on any atom is 0.326 e. The number of hydrogen-bond donors (Lipinski definition) is 1. The second-order valence-corrected chi connectivity index (χ2v) is 2.90. The lowest BCUT2D eigenvalue weighted by molar-refractivity contribution is -0.157. The van der Waals surface area contributed by atoms with Crippen LogP contribution in [-0.4, -0.2) is 47.7 Å². The zero-order valence-corrected chi connectivity index (χ0v) is 7.52. The highest BCUT2D eigenvalue weighted by Crippen LogP contribution is 2.08. The standard InChI is InChI=1S/C8H13NO4/c1-2-6(8(11)12)9-3-4-13-5-7(9)10/h6H,2-5H2,1H3,(H,11,12). The summed E-state index contributed by atoms with van der Waals surface area (Å²) in [6.45, 7) is 2.56. The molecule has 1 heterocycles. The number of amides is 1. The van der Waals surface area contributed by atoms with Crippen molar-refractivity contribution in [3.63, 3.8) is 0 Å². The number of rotatable bonds is 3. The van der Waals surface area contributed by atoms with Gasteiger partial charge in [0.05, 0.1) is 6.61 Å². The lowest BCUT2D eigenvalue weighted by atomic mass is 10.2. The van der Waals surface area contributed by atoms with Crippen LogP contribution in [0.5, 0.6) is 0 Å². The molecule has 74 valence electrons. The molecule has 1 rings (SSSR count). The first-order chi connectivity index (χ1) is 6.16. The number of nitrogens with zero attached hydrogens (tertiary/aromatic N) is 1. The molecule has 0 aromatic carbocycles. The van der Waals surface area contributed by atoms with Gasteiger partial charge in [0.25, 0.3) is 0 Å². The van der Waals surface area contributed by atoms with Gasteiger partial charge < -0.3 is 14.7 Å². The maximum absolute atomic E-state index is 11.2. The topological polar surface area (TPSA) is 66.8 Å².